The van der Waals surface area contributed by atoms with E-state index in [2.05, 4.69) is 20.2 Å². The number of nitrogens with one attached hydrogen (secondary N) is 1. The molecular formula is C28H35N5O4S. The third kappa shape index (κ3) is 7.29. The molecule has 0 spiro atoms. The van der Waals surface area contributed by atoms with E-state index >= 15 is 0 Å². The van der Waals surface area contributed by atoms with Crippen molar-refractivity contribution in [3.05, 3.63) is 58.5 Å². The Kier molecular flexibility index (Phi) is 10.1. The van der Waals surface area contributed by atoms with E-state index in [-0.39, 0.29) is 11.8 Å². The first kappa shape index (κ1) is 27.5. The lowest BCUT2D eigenvalue weighted by molar-refractivity contribution is -0.121. The summed E-state index contributed by atoms with van der Waals surface area (Å²) in [6, 6.07) is 11.6. The zero-order valence-corrected chi connectivity index (χ0v) is 22.8. The fraction of sp³-hybridized carbons (Fsp3) is 0.429. The van der Waals surface area contributed by atoms with Crippen molar-refractivity contribution in [3.63, 3.8) is 0 Å². The number of pyridine rings is 1. The molecule has 1 fully saturated rings. The van der Waals surface area contributed by atoms with Gasteiger partial charge in [0.25, 0.3) is 5.91 Å². The summed E-state index contributed by atoms with van der Waals surface area (Å²) in [7, 11) is 0. The number of morpholine rings is 1. The number of aromatic nitrogens is 2. The lowest BCUT2D eigenvalue weighted by atomic mass is 10.1. The molecule has 0 radical (unpaired) electrons. The highest BCUT2D eigenvalue weighted by Crippen LogP contribution is 2.24. The van der Waals surface area contributed by atoms with Gasteiger partial charge in [0.2, 0.25) is 5.91 Å². The van der Waals surface area contributed by atoms with Crippen molar-refractivity contribution < 1.29 is 19.1 Å². The highest BCUT2D eigenvalue weighted by Gasteiger charge is 2.15. The molecule has 1 aromatic carbocycles. The number of anilines is 1. The molecule has 4 rings (SSSR count). The zero-order valence-electron chi connectivity index (χ0n) is 22.0. The van der Waals surface area contributed by atoms with Crippen molar-refractivity contribution in [2.45, 2.75) is 39.7 Å². The van der Waals surface area contributed by atoms with Crippen LogP contribution in [0.3, 0.4) is 0 Å². The fourth-order valence-electron chi connectivity index (χ4n) is 4.23. The molecule has 2 amide bonds. The van der Waals surface area contributed by atoms with Gasteiger partial charge < -0.3 is 24.3 Å². The van der Waals surface area contributed by atoms with Crippen LogP contribution in [0.4, 0.5) is 5.69 Å². The second-order valence-corrected chi connectivity index (χ2v) is 9.72. The number of nitrogens with zero attached hydrogens (tertiary/aromatic N) is 4. The van der Waals surface area contributed by atoms with Crippen LogP contribution in [0.15, 0.2) is 53.0 Å². The number of benzene rings is 1. The Balaban J connectivity index is 1.59. The molecule has 1 saturated heterocycles. The van der Waals surface area contributed by atoms with Crippen LogP contribution >= 0.6 is 11.3 Å². The zero-order chi connectivity index (χ0) is 26.7. The molecule has 3 aromatic rings. The van der Waals surface area contributed by atoms with Gasteiger partial charge in [0.05, 0.1) is 25.5 Å². The van der Waals surface area contributed by atoms with E-state index in [0.29, 0.717) is 56.2 Å². The number of amides is 2. The number of thiazole rings is 1. The molecule has 3 heterocycles. The van der Waals surface area contributed by atoms with E-state index in [4.69, 9.17) is 9.47 Å². The van der Waals surface area contributed by atoms with Crippen molar-refractivity contribution >= 4 is 28.8 Å². The summed E-state index contributed by atoms with van der Waals surface area (Å²) >= 11 is 1.42. The quantitative estimate of drug-likeness (QED) is 0.373. The van der Waals surface area contributed by atoms with Crippen LogP contribution in [0.2, 0.25) is 0 Å². The van der Waals surface area contributed by atoms with Crippen LogP contribution in [0.5, 0.6) is 5.75 Å². The van der Waals surface area contributed by atoms with Gasteiger partial charge in [-0.25, -0.2) is 0 Å². The minimum Gasteiger partial charge on any atom is -0.494 e. The number of carbonyl (C=O) groups is 2. The number of ether oxygens (including phenoxy) is 2. The first-order chi connectivity index (χ1) is 18.6. The fourth-order valence-corrected chi connectivity index (χ4v) is 5.17. The number of carbonyl (C=O) groups excluding carboxylic acids is 2. The van der Waals surface area contributed by atoms with Crippen LogP contribution < -0.4 is 19.8 Å². The summed E-state index contributed by atoms with van der Waals surface area (Å²) in [5.41, 5.74) is 3.21. The molecule has 1 N–H and O–H groups in total. The standard InChI is InChI=1S/C28H35N5O4S/c1-3-6-26(34)30-12-5-14-33-25(21-7-9-23(10-8-21)37-4-2)20-38-28(33)31-27(35)24-19-22(11-13-29-24)32-15-17-36-18-16-32/h7-11,13,19-20H,3-6,12,14-18H2,1-2H3,(H,30,34). The van der Waals surface area contributed by atoms with Gasteiger partial charge >= 0.3 is 0 Å². The second-order valence-electron chi connectivity index (χ2n) is 8.88. The third-order valence-corrected chi connectivity index (χ3v) is 7.02. The van der Waals surface area contributed by atoms with E-state index in [1.54, 1.807) is 12.3 Å². The van der Waals surface area contributed by atoms with Crippen LogP contribution in [-0.2, 0) is 16.1 Å². The Morgan fingerprint density at radius 1 is 1.16 bits per heavy atom. The SMILES string of the molecule is CCCC(=O)NCCCn1c(-c2ccc(OCC)cc2)csc1=NC(=O)c1cc(N2CCOCC2)ccn1. The largest absolute Gasteiger partial charge is 0.494 e. The van der Waals surface area contributed by atoms with Crippen LogP contribution in [-0.4, -0.2) is 60.8 Å². The molecule has 1 aliphatic rings. The van der Waals surface area contributed by atoms with Crippen LogP contribution in [0.25, 0.3) is 11.3 Å². The molecule has 38 heavy (non-hydrogen) atoms. The van der Waals surface area contributed by atoms with E-state index in [0.717, 1.165) is 42.2 Å². The molecule has 9 nitrogen and oxygen atoms in total. The molecule has 202 valence electrons. The maximum atomic E-state index is 13.2. The second kappa shape index (κ2) is 13.9. The van der Waals surface area contributed by atoms with Crippen molar-refractivity contribution in [2.75, 3.05) is 44.4 Å². The Hall–Kier alpha value is -3.50. The van der Waals surface area contributed by atoms with Gasteiger partial charge in [0.15, 0.2) is 4.80 Å². The minimum absolute atomic E-state index is 0.0564. The van der Waals surface area contributed by atoms with Crippen molar-refractivity contribution in [3.8, 4) is 17.0 Å². The Labute approximate surface area is 227 Å². The van der Waals surface area contributed by atoms with Gasteiger partial charge in [0, 0.05) is 49.9 Å². The van der Waals surface area contributed by atoms with Gasteiger partial charge in [-0.1, -0.05) is 6.92 Å². The monoisotopic (exact) mass is 537 g/mol. The molecule has 10 heteroatoms. The smallest absolute Gasteiger partial charge is 0.298 e. The van der Waals surface area contributed by atoms with Gasteiger partial charge in [-0.2, -0.15) is 4.99 Å². The summed E-state index contributed by atoms with van der Waals surface area (Å²) < 4.78 is 13.1. The summed E-state index contributed by atoms with van der Waals surface area (Å²) in [5.74, 6) is 0.481. The molecule has 0 bridgehead atoms. The maximum absolute atomic E-state index is 13.2. The number of rotatable bonds is 11. The third-order valence-electron chi connectivity index (χ3n) is 6.15. The average molecular weight is 538 g/mol. The summed E-state index contributed by atoms with van der Waals surface area (Å²) in [5, 5.41) is 4.97. The molecule has 1 aliphatic heterocycles. The average Bonchev–Trinajstić information content (AvgIpc) is 3.34. The van der Waals surface area contributed by atoms with Crippen molar-refractivity contribution in [1.29, 1.82) is 0 Å². The summed E-state index contributed by atoms with van der Waals surface area (Å²) in [6.07, 6.45) is 3.70. The highest BCUT2D eigenvalue weighted by molar-refractivity contribution is 7.07. The molecule has 2 aromatic heterocycles. The predicted octanol–water partition coefficient (Wildman–Crippen LogP) is 3.89. The lowest BCUT2D eigenvalue weighted by Crippen LogP contribution is -2.36. The van der Waals surface area contributed by atoms with E-state index in [1.165, 1.54) is 11.3 Å². The van der Waals surface area contributed by atoms with Gasteiger partial charge in [-0.05, 0) is 61.7 Å². The van der Waals surface area contributed by atoms with E-state index in [9.17, 15) is 9.59 Å². The normalized spacial score (nSPS) is 13.9. The lowest BCUT2D eigenvalue weighted by Gasteiger charge is -2.28. The Morgan fingerprint density at radius 2 is 1.95 bits per heavy atom. The first-order valence-corrected chi connectivity index (χ1v) is 14.0. The van der Waals surface area contributed by atoms with Gasteiger partial charge in [-0.15, -0.1) is 11.3 Å². The summed E-state index contributed by atoms with van der Waals surface area (Å²) in [6.45, 7) is 8.59. The van der Waals surface area contributed by atoms with E-state index in [1.807, 2.05) is 54.1 Å². The predicted molar refractivity (Wildman–Crippen MR) is 149 cm³/mol. The maximum Gasteiger partial charge on any atom is 0.298 e. The van der Waals surface area contributed by atoms with Gasteiger partial charge in [-0.3, -0.25) is 14.6 Å². The van der Waals surface area contributed by atoms with Crippen LogP contribution in [0.1, 0.15) is 43.6 Å². The van der Waals surface area contributed by atoms with Gasteiger partial charge in [0.1, 0.15) is 11.4 Å². The van der Waals surface area contributed by atoms with Crippen LogP contribution in [0, 0.1) is 0 Å². The Bertz CT molecular complexity index is 1280. The Morgan fingerprint density at radius 3 is 2.68 bits per heavy atom. The topological polar surface area (TPSA) is 98.0 Å². The highest BCUT2D eigenvalue weighted by atomic mass is 32.1. The van der Waals surface area contributed by atoms with E-state index < -0.39 is 0 Å². The molecule has 0 unspecified atom stereocenters. The molecular weight excluding hydrogens is 502 g/mol. The first-order valence-electron chi connectivity index (χ1n) is 13.1. The number of hydrogen-bond acceptors (Lipinski definition) is 7. The molecule has 0 atom stereocenters. The summed E-state index contributed by atoms with van der Waals surface area (Å²) in [4.78, 5) is 36.6. The van der Waals surface area contributed by atoms with Crippen molar-refractivity contribution in [1.82, 2.24) is 14.9 Å². The molecule has 0 saturated carbocycles. The molecule has 0 aliphatic carbocycles. The number of hydrogen-bond donors (Lipinski definition) is 1. The minimum atomic E-state index is -0.384. The van der Waals surface area contributed by atoms with Crippen molar-refractivity contribution in [2.24, 2.45) is 4.99 Å².